The average molecular weight is 429 g/mol. The van der Waals surface area contributed by atoms with E-state index < -0.39 is 18.6 Å². The van der Waals surface area contributed by atoms with E-state index >= 15 is 4.39 Å². The van der Waals surface area contributed by atoms with Crippen molar-refractivity contribution in [2.24, 2.45) is 0 Å². The minimum atomic E-state index is -1.53. The summed E-state index contributed by atoms with van der Waals surface area (Å²) in [4.78, 5) is 0. The van der Waals surface area contributed by atoms with E-state index in [4.69, 9.17) is 9.47 Å². The Labute approximate surface area is 184 Å². The van der Waals surface area contributed by atoms with Gasteiger partial charge in [-0.25, -0.2) is 4.39 Å². The van der Waals surface area contributed by atoms with Gasteiger partial charge >= 0.3 is 0 Å². The molecule has 3 atom stereocenters. The Kier molecular flexibility index (Phi) is 9.08. The Morgan fingerprint density at radius 1 is 0.806 bits per heavy atom. The van der Waals surface area contributed by atoms with Crippen molar-refractivity contribution in [2.45, 2.75) is 77.4 Å². The van der Waals surface area contributed by atoms with Crippen LogP contribution in [0.3, 0.4) is 0 Å². The van der Waals surface area contributed by atoms with Gasteiger partial charge < -0.3 is 9.47 Å². The maximum atomic E-state index is 15.1. The first-order valence-electron chi connectivity index (χ1n) is 11.6. The van der Waals surface area contributed by atoms with Crippen LogP contribution in [0.15, 0.2) is 54.6 Å². The lowest BCUT2D eigenvalue weighted by Crippen LogP contribution is -2.31. The zero-order valence-corrected chi connectivity index (χ0v) is 18.7. The van der Waals surface area contributed by atoms with E-state index in [-0.39, 0.29) is 0 Å². The summed E-state index contributed by atoms with van der Waals surface area (Å²) in [6.45, 7) is 4.18. The van der Waals surface area contributed by atoms with Gasteiger partial charge in [-0.1, -0.05) is 75.1 Å². The first-order valence-corrected chi connectivity index (χ1v) is 11.6. The van der Waals surface area contributed by atoms with Gasteiger partial charge in [0.25, 0.3) is 6.36 Å². The van der Waals surface area contributed by atoms with Gasteiger partial charge in [0.05, 0.1) is 6.17 Å². The lowest BCUT2D eigenvalue weighted by atomic mass is 10.0. The first kappa shape index (κ1) is 23.5. The van der Waals surface area contributed by atoms with Crippen molar-refractivity contribution in [3.63, 3.8) is 0 Å². The molecule has 0 aliphatic carbocycles. The molecule has 4 heteroatoms. The molecule has 0 N–H and O–H groups in total. The summed E-state index contributed by atoms with van der Waals surface area (Å²) in [5, 5.41) is 4.50. The highest BCUT2D eigenvalue weighted by molar-refractivity contribution is 6.07. The molecule has 0 amide bonds. The molecule has 168 valence electrons. The molecule has 0 spiro atoms. The Morgan fingerprint density at radius 3 is 2.35 bits per heavy atom. The van der Waals surface area contributed by atoms with Crippen LogP contribution >= 0.6 is 0 Å². The molecule has 0 heterocycles. The monoisotopic (exact) mass is 428 g/mol. The predicted molar refractivity (Wildman–Crippen MR) is 125 cm³/mol. The summed E-state index contributed by atoms with van der Waals surface area (Å²) >= 11 is 0. The maximum absolute atomic E-state index is 15.1. The van der Waals surface area contributed by atoms with E-state index in [9.17, 15) is 4.39 Å². The molecule has 0 bridgehead atoms. The van der Waals surface area contributed by atoms with Crippen molar-refractivity contribution in [2.75, 3.05) is 6.61 Å². The summed E-state index contributed by atoms with van der Waals surface area (Å²) in [7, 11) is 0. The summed E-state index contributed by atoms with van der Waals surface area (Å²) in [6.07, 6.45) is 2.59. The molecule has 0 aliphatic rings. The minimum Gasteiger partial charge on any atom is -0.458 e. The third-order valence-electron chi connectivity index (χ3n) is 5.68. The van der Waals surface area contributed by atoms with Gasteiger partial charge in [-0.15, -0.1) is 0 Å². The molecule has 0 saturated carbocycles. The van der Waals surface area contributed by atoms with Crippen molar-refractivity contribution in [1.29, 1.82) is 0 Å². The molecule has 3 unspecified atom stereocenters. The fraction of sp³-hybridized carbons (Fsp3) is 0.481. The van der Waals surface area contributed by atoms with Crippen LogP contribution in [0.4, 0.5) is 8.78 Å². The normalized spacial score (nSPS) is 14.6. The van der Waals surface area contributed by atoms with Crippen LogP contribution in [0.2, 0.25) is 0 Å². The van der Waals surface area contributed by atoms with Crippen LogP contribution in [0, 0.1) is 0 Å². The van der Waals surface area contributed by atoms with Crippen LogP contribution in [-0.2, 0) is 4.74 Å². The second-order valence-electron chi connectivity index (χ2n) is 8.32. The minimum absolute atomic E-state index is 0.505. The molecule has 0 radical (unpaired) electrons. The van der Waals surface area contributed by atoms with E-state index in [0.717, 1.165) is 42.9 Å². The maximum Gasteiger partial charge on any atom is 0.264 e. The third-order valence-corrected chi connectivity index (χ3v) is 5.68. The number of benzene rings is 3. The zero-order chi connectivity index (χ0) is 22.1. The Hall–Kier alpha value is -2.20. The molecule has 3 aromatic carbocycles. The number of rotatable bonds is 13. The zero-order valence-electron chi connectivity index (χ0n) is 18.7. The average Bonchev–Trinajstić information content (AvgIpc) is 2.77. The van der Waals surface area contributed by atoms with E-state index in [1.54, 1.807) is 6.92 Å². The van der Waals surface area contributed by atoms with E-state index in [0.29, 0.717) is 25.2 Å². The Morgan fingerprint density at radius 2 is 1.55 bits per heavy atom. The molecular weight excluding hydrogens is 394 g/mol. The molecule has 0 aliphatic heterocycles. The van der Waals surface area contributed by atoms with Gasteiger partial charge in [-0.2, -0.15) is 4.39 Å². The van der Waals surface area contributed by atoms with Gasteiger partial charge in [0, 0.05) is 6.61 Å². The number of unbranched alkanes of at least 4 members (excludes halogenated alkanes) is 3. The van der Waals surface area contributed by atoms with Crippen molar-refractivity contribution in [3.8, 4) is 5.75 Å². The van der Waals surface area contributed by atoms with Crippen LogP contribution in [0.1, 0.15) is 58.8 Å². The first-order chi connectivity index (χ1) is 15.1. The quantitative estimate of drug-likeness (QED) is 0.202. The highest BCUT2D eigenvalue weighted by Gasteiger charge is 2.23. The van der Waals surface area contributed by atoms with Crippen molar-refractivity contribution >= 4 is 21.5 Å². The Bertz CT molecular complexity index is 941. The van der Waals surface area contributed by atoms with Crippen molar-refractivity contribution < 1.29 is 18.3 Å². The fourth-order valence-electron chi connectivity index (χ4n) is 3.89. The van der Waals surface area contributed by atoms with Gasteiger partial charge in [0.15, 0.2) is 0 Å². The number of ether oxygens (including phenoxy) is 2. The molecular formula is C27H34F2O2. The van der Waals surface area contributed by atoms with Gasteiger partial charge in [-0.05, 0) is 59.9 Å². The lowest BCUT2D eigenvalue weighted by Gasteiger charge is -2.23. The standard InChI is InChI=1S/C27H34F2O2/c1-3-4-18-30-26(13-7-5-6-10-20(2)28)27(29)31-23-16-17-25-22(19-23)15-14-21-11-8-9-12-24(21)25/h8-9,11-12,14-17,19-20,26-27H,3-7,10,13,18H2,1-2H3. The molecule has 2 nitrogen and oxygen atoms in total. The van der Waals surface area contributed by atoms with E-state index in [2.05, 4.69) is 25.1 Å². The van der Waals surface area contributed by atoms with E-state index in [1.807, 2.05) is 36.4 Å². The largest absolute Gasteiger partial charge is 0.458 e. The summed E-state index contributed by atoms with van der Waals surface area (Å²) < 4.78 is 39.5. The molecule has 31 heavy (non-hydrogen) atoms. The molecule has 3 aromatic rings. The number of hydrogen-bond acceptors (Lipinski definition) is 2. The van der Waals surface area contributed by atoms with E-state index in [1.165, 1.54) is 10.8 Å². The number of fused-ring (bicyclic) bond motifs is 3. The summed E-state index contributed by atoms with van der Waals surface area (Å²) in [6, 6.07) is 18.0. The van der Waals surface area contributed by atoms with Gasteiger partial charge in [-0.3, -0.25) is 0 Å². The topological polar surface area (TPSA) is 18.5 Å². The highest BCUT2D eigenvalue weighted by atomic mass is 19.1. The highest BCUT2D eigenvalue weighted by Crippen LogP contribution is 2.29. The summed E-state index contributed by atoms with van der Waals surface area (Å²) in [5.41, 5.74) is 0. The number of hydrogen-bond donors (Lipinski definition) is 0. The van der Waals surface area contributed by atoms with Crippen molar-refractivity contribution in [3.05, 3.63) is 54.6 Å². The number of alkyl halides is 2. The predicted octanol–water partition coefficient (Wildman–Crippen LogP) is 8.16. The fourth-order valence-corrected chi connectivity index (χ4v) is 3.89. The smallest absolute Gasteiger partial charge is 0.264 e. The van der Waals surface area contributed by atoms with Gasteiger partial charge in [0.1, 0.15) is 11.9 Å². The van der Waals surface area contributed by atoms with Crippen molar-refractivity contribution in [1.82, 2.24) is 0 Å². The second-order valence-corrected chi connectivity index (χ2v) is 8.32. The summed E-state index contributed by atoms with van der Waals surface area (Å²) in [5.74, 6) is 0.505. The lowest BCUT2D eigenvalue weighted by molar-refractivity contribution is -0.0894. The van der Waals surface area contributed by atoms with Crippen LogP contribution in [0.25, 0.3) is 21.5 Å². The Balaban J connectivity index is 1.65. The SMILES string of the molecule is CCCCOC(CCCCCC(C)F)C(F)Oc1ccc2c(ccc3ccccc32)c1. The molecule has 3 rings (SSSR count). The molecule has 0 fully saturated rings. The van der Waals surface area contributed by atoms with Crippen LogP contribution < -0.4 is 4.74 Å². The number of halogens is 2. The molecule has 0 aromatic heterocycles. The third kappa shape index (κ3) is 6.90. The second kappa shape index (κ2) is 12.0. The molecule has 0 saturated heterocycles. The van der Waals surface area contributed by atoms with Gasteiger partial charge in [0.2, 0.25) is 0 Å². The van der Waals surface area contributed by atoms with Crippen LogP contribution in [-0.4, -0.2) is 25.2 Å². The van der Waals surface area contributed by atoms with Crippen LogP contribution in [0.5, 0.6) is 5.75 Å².